The first kappa shape index (κ1) is 16.6. The van der Waals surface area contributed by atoms with Gasteiger partial charge in [-0.05, 0) is 43.4 Å². The van der Waals surface area contributed by atoms with Gasteiger partial charge in [0.05, 0.1) is 12.1 Å². The van der Waals surface area contributed by atoms with Crippen LogP contribution in [-0.4, -0.2) is 37.9 Å². The van der Waals surface area contributed by atoms with E-state index in [0.717, 1.165) is 31.4 Å². The average molecular weight is 339 g/mol. The largest absolute Gasteiger partial charge is 0.376 e. The lowest BCUT2D eigenvalue weighted by Crippen LogP contribution is -2.46. The first-order chi connectivity index (χ1) is 11.2. The van der Waals surface area contributed by atoms with E-state index in [2.05, 4.69) is 10.6 Å². The lowest BCUT2D eigenvalue weighted by molar-refractivity contribution is 0.0183. The first-order valence-electron chi connectivity index (χ1n) is 8.25. The topological polar surface area (TPSA) is 59.6 Å². The van der Waals surface area contributed by atoms with Crippen LogP contribution in [0, 0.1) is 0 Å². The molecular weight excluding hydrogens is 316 g/mol. The summed E-state index contributed by atoms with van der Waals surface area (Å²) in [7, 11) is 0. The molecule has 2 heterocycles. The Bertz CT molecular complexity index is 517. The van der Waals surface area contributed by atoms with Gasteiger partial charge in [0.2, 0.25) is 0 Å². The van der Waals surface area contributed by atoms with E-state index in [1.54, 1.807) is 0 Å². The number of urea groups is 1. The van der Waals surface area contributed by atoms with E-state index in [0.29, 0.717) is 18.2 Å². The maximum atomic E-state index is 12.1. The van der Waals surface area contributed by atoms with Crippen LogP contribution >= 0.6 is 11.6 Å². The van der Waals surface area contributed by atoms with Crippen LogP contribution in [0.25, 0.3) is 0 Å². The summed E-state index contributed by atoms with van der Waals surface area (Å²) in [6, 6.07) is 7.39. The van der Waals surface area contributed by atoms with Gasteiger partial charge in [-0.3, -0.25) is 0 Å². The van der Waals surface area contributed by atoms with Gasteiger partial charge in [-0.25, -0.2) is 4.79 Å². The van der Waals surface area contributed by atoms with Crippen molar-refractivity contribution >= 4 is 17.6 Å². The Kier molecular flexibility index (Phi) is 5.75. The molecule has 5 nitrogen and oxygen atoms in total. The van der Waals surface area contributed by atoms with Crippen molar-refractivity contribution < 1.29 is 14.3 Å². The van der Waals surface area contributed by atoms with E-state index >= 15 is 0 Å². The van der Waals surface area contributed by atoms with Gasteiger partial charge in [-0.2, -0.15) is 0 Å². The summed E-state index contributed by atoms with van der Waals surface area (Å²) >= 11 is 5.92. The van der Waals surface area contributed by atoms with Crippen molar-refractivity contribution in [2.24, 2.45) is 0 Å². The molecule has 1 aromatic rings. The van der Waals surface area contributed by atoms with Gasteiger partial charge in [-0.1, -0.05) is 23.7 Å². The van der Waals surface area contributed by atoms with Gasteiger partial charge in [0, 0.05) is 24.8 Å². The van der Waals surface area contributed by atoms with Crippen molar-refractivity contribution in [1.82, 2.24) is 10.6 Å². The Balaban J connectivity index is 1.49. The molecule has 0 spiro atoms. The Morgan fingerprint density at radius 1 is 1.13 bits per heavy atom. The Hall–Kier alpha value is -1.30. The van der Waals surface area contributed by atoms with E-state index in [9.17, 15) is 4.79 Å². The summed E-state index contributed by atoms with van der Waals surface area (Å²) in [6.07, 6.45) is 4.12. The van der Waals surface area contributed by atoms with Gasteiger partial charge < -0.3 is 20.1 Å². The predicted molar refractivity (Wildman–Crippen MR) is 88.7 cm³/mol. The Morgan fingerprint density at radius 2 is 1.96 bits per heavy atom. The highest BCUT2D eigenvalue weighted by Crippen LogP contribution is 2.29. The second kappa shape index (κ2) is 7.99. The van der Waals surface area contributed by atoms with Crippen LogP contribution in [0.4, 0.5) is 4.79 Å². The third-order valence-corrected chi connectivity index (χ3v) is 4.62. The number of nitrogens with one attached hydrogen (secondary N) is 2. The molecule has 2 fully saturated rings. The van der Waals surface area contributed by atoms with Crippen molar-refractivity contribution in [2.75, 3.05) is 19.8 Å². The molecule has 126 valence electrons. The minimum atomic E-state index is -0.159. The molecule has 0 aliphatic carbocycles. The number of amides is 2. The smallest absolute Gasteiger partial charge is 0.315 e. The molecule has 0 aromatic heterocycles. The lowest BCUT2D eigenvalue weighted by atomic mass is 10.0. The molecule has 0 saturated carbocycles. The van der Waals surface area contributed by atoms with Crippen molar-refractivity contribution in [3.05, 3.63) is 34.9 Å². The zero-order chi connectivity index (χ0) is 16.1. The molecule has 3 atom stereocenters. The molecule has 2 aliphatic heterocycles. The van der Waals surface area contributed by atoms with Crippen molar-refractivity contribution in [1.29, 1.82) is 0 Å². The number of carbonyl (C=O) groups is 1. The van der Waals surface area contributed by atoms with Crippen LogP contribution in [0.3, 0.4) is 0 Å². The summed E-state index contributed by atoms with van der Waals surface area (Å²) < 4.78 is 11.4. The number of hydrogen-bond donors (Lipinski definition) is 2. The van der Waals surface area contributed by atoms with Gasteiger partial charge in [0.25, 0.3) is 0 Å². The molecule has 2 aliphatic rings. The molecule has 2 amide bonds. The summed E-state index contributed by atoms with van der Waals surface area (Å²) in [5.41, 5.74) is 1.04. The molecule has 3 unspecified atom stereocenters. The van der Waals surface area contributed by atoms with Crippen LogP contribution in [0.5, 0.6) is 0 Å². The minimum Gasteiger partial charge on any atom is -0.376 e. The third-order valence-electron chi connectivity index (χ3n) is 4.37. The average Bonchev–Trinajstić information content (AvgIpc) is 3.03. The van der Waals surface area contributed by atoms with Gasteiger partial charge in [-0.15, -0.1) is 0 Å². The lowest BCUT2D eigenvalue weighted by Gasteiger charge is -2.24. The molecule has 23 heavy (non-hydrogen) atoms. The number of hydrogen-bond acceptors (Lipinski definition) is 3. The highest BCUT2D eigenvalue weighted by molar-refractivity contribution is 6.30. The van der Waals surface area contributed by atoms with Crippen LogP contribution in [0.2, 0.25) is 5.02 Å². The van der Waals surface area contributed by atoms with Crippen LogP contribution in [0.15, 0.2) is 24.3 Å². The molecular formula is C17H23ClN2O3. The summed E-state index contributed by atoms with van der Waals surface area (Å²) in [4.78, 5) is 12.1. The highest BCUT2D eigenvalue weighted by atomic mass is 35.5. The SMILES string of the molecule is O=C(NCC1CCCCO1)NC1CCOC1c1ccc(Cl)cc1. The van der Waals surface area contributed by atoms with Gasteiger partial charge >= 0.3 is 6.03 Å². The van der Waals surface area contributed by atoms with Crippen LogP contribution in [-0.2, 0) is 9.47 Å². The zero-order valence-electron chi connectivity index (χ0n) is 13.1. The number of halogens is 1. The second-order valence-corrected chi connectivity index (χ2v) is 6.52. The fourth-order valence-corrected chi connectivity index (χ4v) is 3.24. The minimum absolute atomic E-state index is 0.0246. The quantitative estimate of drug-likeness (QED) is 0.887. The molecule has 0 bridgehead atoms. The number of carbonyl (C=O) groups excluding carboxylic acids is 1. The molecule has 2 saturated heterocycles. The van der Waals surface area contributed by atoms with Crippen LogP contribution in [0.1, 0.15) is 37.4 Å². The van der Waals surface area contributed by atoms with Crippen LogP contribution < -0.4 is 10.6 Å². The van der Waals surface area contributed by atoms with E-state index < -0.39 is 0 Å². The number of ether oxygens (including phenoxy) is 2. The van der Waals surface area contributed by atoms with Crippen molar-refractivity contribution in [3.8, 4) is 0 Å². The molecule has 2 N–H and O–H groups in total. The molecule has 3 rings (SSSR count). The molecule has 6 heteroatoms. The second-order valence-electron chi connectivity index (χ2n) is 6.08. The predicted octanol–water partition coefficient (Wildman–Crippen LogP) is 3.04. The van der Waals surface area contributed by atoms with E-state index in [-0.39, 0.29) is 24.3 Å². The molecule has 0 radical (unpaired) electrons. The fourth-order valence-electron chi connectivity index (χ4n) is 3.11. The fraction of sp³-hybridized carbons (Fsp3) is 0.588. The summed E-state index contributed by atoms with van der Waals surface area (Å²) in [5.74, 6) is 0. The number of benzene rings is 1. The Morgan fingerprint density at radius 3 is 2.70 bits per heavy atom. The Labute approximate surface area is 141 Å². The van der Waals surface area contributed by atoms with E-state index in [1.807, 2.05) is 24.3 Å². The summed E-state index contributed by atoms with van der Waals surface area (Å²) in [6.45, 7) is 2.00. The van der Waals surface area contributed by atoms with Gasteiger partial charge in [0.15, 0.2) is 0 Å². The third kappa shape index (κ3) is 4.59. The standard InChI is InChI=1S/C17H23ClN2O3/c18-13-6-4-12(5-7-13)16-15(8-10-23-16)20-17(21)19-11-14-3-1-2-9-22-14/h4-7,14-16H,1-3,8-11H2,(H2,19,20,21). The van der Waals surface area contributed by atoms with Crippen molar-refractivity contribution in [3.63, 3.8) is 0 Å². The highest BCUT2D eigenvalue weighted by Gasteiger charge is 2.31. The first-order valence-corrected chi connectivity index (χ1v) is 8.63. The van der Waals surface area contributed by atoms with E-state index in [1.165, 1.54) is 6.42 Å². The summed E-state index contributed by atoms with van der Waals surface area (Å²) in [5, 5.41) is 6.62. The normalized spacial score (nSPS) is 27.6. The zero-order valence-corrected chi connectivity index (χ0v) is 13.8. The van der Waals surface area contributed by atoms with Crippen molar-refractivity contribution in [2.45, 2.75) is 43.9 Å². The van der Waals surface area contributed by atoms with E-state index in [4.69, 9.17) is 21.1 Å². The number of rotatable bonds is 4. The monoisotopic (exact) mass is 338 g/mol. The maximum absolute atomic E-state index is 12.1. The van der Waals surface area contributed by atoms with Gasteiger partial charge in [0.1, 0.15) is 6.10 Å². The molecule has 1 aromatic carbocycles. The maximum Gasteiger partial charge on any atom is 0.315 e.